The van der Waals surface area contributed by atoms with Crippen LogP contribution in [0.5, 0.6) is 11.5 Å². The lowest BCUT2D eigenvalue weighted by atomic mass is 10.3. The Morgan fingerprint density at radius 3 is 2.62 bits per heavy atom. The van der Waals surface area contributed by atoms with E-state index in [0.717, 1.165) is 33.2 Å². The Labute approximate surface area is 126 Å². The molecule has 0 saturated heterocycles. The van der Waals surface area contributed by atoms with Crippen molar-refractivity contribution in [2.24, 2.45) is 0 Å². The number of aliphatic carboxylic acids is 1. The maximum atomic E-state index is 10.5. The van der Waals surface area contributed by atoms with Gasteiger partial charge in [0.2, 0.25) is 0 Å². The average Bonchev–Trinajstić information content (AvgIpc) is 2.84. The van der Waals surface area contributed by atoms with Gasteiger partial charge in [0.05, 0.1) is 17.7 Å². The van der Waals surface area contributed by atoms with Gasteiger partial charge in [-0.3, -0.25) is 0 Å². The number of rotatable bonds is 6. The number of benzene rings is 1. The van der Waals surface area contributed by atoms with Crippen LogP contribution in [0, 0.1) is 6.92 Å². The van der Waals surface area contributed by atoms with Crippen molar-refractivity contribution >= 4 is 23.4 Å². The number of carbonyl (C=O) groups is 1. The van der Waals surface area contributed by atoms with Gasteiger partial charge in [-0.2, -0.15) is 0 Å². The van der Waals surface area contributed by atoms with E-state index < -0.39 is 5.97 Å². The molecule has 110 valence electrons. The van der Waals surface area contributed by atoms with Crippen LogP contribution in [0.3, 0.4) is 0 Å². The molecular formula is C15H15NO4S. The van der Waals surface area contributed by atoms with Crippen LogP contribution in [0.25, 0.3) is 6.08 Å². The molecule has 0 amide bonds. The van der Waals surface area contributed by atoms with E-state index in [1.807, 2.05) is 31.2 Å². The zero-order valence-electron chi connectivity index (χ0n) is 11.7. The first kappa shape index (κ1) is 15.1. The summed E-state index contributed by atoms with van der Waals surface area (Å²) in [5, 5.41) is 9.43. The van der Waals surface area contributed by atoms with E-state index in [4.69, 9.17) is 14.6 Å². The van der Waals surface area contributed by atoms with Crippen LogP contribution in [0.15, 0.2) is 30.3 Å². The number of aromatic nitrogens is 1. The maximum Gasteiger partial charge on any atom is 0.328 e. The number of nitrogens with zero attached hydrogens (tertiary/aromatic N) is 1. The Balaban J connectivity index is 1.99. The van der Waals surface area contributed by atoms with E-state index in [-0.39, 0.29) is 0 Å². The smallest absolute Gasteiger partial charge is 0.328 e. The molecule has 1 aromatic heterocycles. The van der Waals surface area contributed by atoms with Crippen LogP contribution in [-0.2, 0) is 11.4 Å². The molecule has 2 aromatic rings. The second kappa shape index (κ2) is 6.90. The molecule has 0 bridgehead atoms. The Bertz CT molecular complexity index is 646. The lowest BCUT2D eigenvalue weighted by molar-refractivity contribution is -0.131. The molecular weight excluding hydrogens is 290 g/mol. The van der Waals surface area contributed by atoms with Gasteiger partial charge in [0.15, 0.2) is 0 Å². The van der Waals surface area contributed by atoms with Crippen molar-refractivity contribution in [3.63, 3.8) is 0 Å². The minimum Gasteiger partial charge on any atom is -0.497 e. The van der Waals surface area contributed by atoms with Gasteiger partial charge < -0.3 is 14.6 Å². The highest BCUT2D eigenvalue weighted by atomic mass is 32.1. The van der Waals surface area contributed by atoms with Gasteiger partial charge in [0, 0.05) is 6.08 Å². The quantitative estimate of drug-likeness (QED) is 0.830. The summed E-state index contributed by atoms with van der Waals surface area (Å²) in [6.07, 6.45) is 2.65. The molecule has 0 spiro atoms. The third-order valence-corrected chi connectivity index (χ3v) is 3.77. The highest BCUT2D eigenvalue weighted by Gasteiger charge is 2.06. The summed E-state index contributed by atoms with van der Waals surface area (Å²) in [5.41, 5.74) is 0.797. The Hall–Kier alpha value is -2.34. The molecule has 1 heterocycles. The number of carboxylic acid groups (broad SMARTS) is 1. The summed E-state index contributed by atoms with van der Waals surface area (Å²) in [6.45, 7) is 2.19. The number of hydrogen-bond acceptors (Lipinski definition) is 5. The predicted molar refractivity (Wildman–Crippen MR) is 80.8 cm³/mol. The number of methoxy groups -OCH3 is 1. The van der Waals surface area contributed by atoms with Crippen molar-refractivity contribution in [2.75, 3.05) is 7.11 Å². The second-order valence-corrected chi connectivity index (χ2v) is 5.31. The highest BCUT2D eigenvalue weighted by Crippen LogP contribution is 2.22. The molecule has 0 saturated carbocycles. The summed E-state index contributed by atoms with van der Waals surface area (Å²) in [7, 11) is 1.61. The predicted octanol–water partition coefficient (Wildman–Crippen LogP) is 3.14. The van der Waals surface area contributed by atoms with E-state index in [1.165, 1.54) is 11.3 Å². The molecule has 6 heteroatoms. The van der Waals surface area contributed by atoms with E-state index in [1.54, 1.807) is 13.2 Å². The maximum absolute atomic E-state index is 10.5. The van der Waals surface area contributed by atoms with Crippen molar-refractivity contribution in [1.29, 1.82) is 0 Å². The van der Waals surface area contributed by atoms with Gasteiger partial charge in [-0.1, -0.05) is 0 Å². The second-order valence-electron chi connectivity index (χ2n) is 4.19. The van der Waals surface area contributed by atoms with Gasteiger partial charge in [-0.05, 0) is 37.3 Å². The van der Waals surface area contributed by atoms with Gasteiger partial charge >= 0.3 is 5.97 Å². The van der Waals surface area contributed by atoms with Crippen LogP contribution >= 0.6 is 11.3 Å². The van der Waals surface area contributed by atoms with Crippen LogP contribution in [0.1, 0.15) is 15.6 Å². The van der Waals surface area contributed by atoms with Crippen molar-refractivity contribution in [1.82, 2.24) is 4.98 Å². The fraction of sp³-hybridized carbons (Fsp3) is 0.200. The Morgan fingerprint density at radius 2 is 2.00 bits per heavy atom. The summed E-state index contributed by atoms with van der Waals surface area (Å²) >= 11 is 1.42. The van der Waals surface area contributed by atoms with Crippen LogP contribution < -0.4 is 9.47 Å². The molecule has 1 N–H and O–H groups in total. The fourth-order valence-corrected chi connectivity index (χ4v) is 2.53. The van der Waals surface area contributed by atoms with Crippen molar-refractivity contribution in [3.8, 4) is 11.5 Å². The lowest BCUT2D eigenvalue weighted by Gasteiger charge is -2.04. The third-order valence-electron chi connectivity index (χ3n) is 2.68. The van der Waals surface area contributed by atoms with Crippen LogP contribution in [0.4, 0.5) is 0 Å². The number of carboxylic acids is 1. The summed E-state index contributed by atoms with van der Waals surface area (Å²) in [5.74, 6) is 0.527. The molecule has 21 heavy (non-hydrogen) atoms. The lowest BCUT2D eigenvalue weighted by Crippen LogP contribution is -1.94. The summed E-state index contributed by atoms with van der Waals surface area (Å²) in [6, 6.07) is 7.29. The topological polar surface area (TPSA) is 68.7 Å². The summed E-state index contributed by atoms with van der Waals surface area (Å²) in [4.78, 5) is 15.7. The molecule has 0 aliphatic rings. The number of ether oxygens (including phenoxy) is 2. The molecule has 0 fully saturated rings. The normalized spacial score (nSPS) is 10.8. The zero-order valence-corrected chi connectivity index (χ0v) is 12.5. The van der Waals surface area contributed by atoms with Crippen molar-refractivity contribution in [3.05, 3.63) is 45.9 Å². The van der Waals surface area contributed by atoms with Gasteiger partial charge in [-0.15, -0.1) is 11.3 Å². The average molecular weight is 305 g/mol. The molecule has 1 aromatic carbocycles. The van der Waals surface area contributed by atoms with Crippen LogP contribution in [-0.4, -0.2) is 23.2 Å². The first-order valence-electron chi connectivity index (χ1n) is 6.22. The minimum absolute atomic E-state index is 0.346. The standard InChI is InChI=1S/C15H15NO4S/c1-10-13(7-8-15(17)18)21-14(16-10)9-20-12-5-3-11(19-2)4-6-12/h3-8H,9H2,1-2H3,(H,17,18)/b8-7+. The highest BCUT2D eigenvalue weighted by molar-refractivity contribution is 7.12. The number of aryl methyl sites for hydroxylation is 1. The number of thiazole rings is 1. The van der Waals surface area contributed by atoms with E-state index in [2.05, 4.69) is 4.98 Å². The first-order valence-corrected chi connectivity index (χ1v) is 7.04. The number of hydrogen-bond donors (Lipinski definition) is 1. The monoisotopic (exact) mass is 305 g/mol. The molecule has 2 rings (SSSR count). The van der Waals surface area contributed by atoms with Crippen molar-refractivity contribution in [2.45, 2.75) is 13.5 Å². The Morgan fingerprint density at radius 1 is 1.33 bits per heavy atom. The Kier molecular flexibility index (Phi) is 4.94. The minimum atomic E-state index is -0.973. The van der Waals surface area contributed by atoms with Gasteiger partial charge in [-0.25, -0.2) is 9.78 Å². The van der Waals surface area contributed by atoms with E-state index in [9.17, 15) is 4.79 Å². The fourth-order valence-electron chi connectivity index (χ4n) is 1.65. The molecule has 0 aliphatic carbocycles. The SMILES string of the molecule is COc1ccc(OCc2nc(C)c(/C=C/C(=O)O)s2)cc1. The van der Waals surface area contributed by atoms with Gasteiger partial charge in [0.1, 0.15) is 23.1 Å². The molecule has 5 nitrogen and oxygen atoms in total. The molecule has 0 aliphatic heterocycles. The van der Waals surface area contributed by atoms with Crippen molar-refractivity contribution < 1.29 is 19.4 Å². The molecule has 0 unspecified atom stereocenters. The summed E-state index contributed by atoms with van der Waals surface area (Å²) < 4.78 is 10.7. The molecule has 0 radical (unpaired) electrons. The largest absolute Gasteiger partial charge is 0.497 e. The van der Waals surface area contributed by atoms with E-state index >= 15 is 0 Å². The zero-order chi connectivity index (χ0) is 15.2. The van der Waals surface area contributed by atoms with Crippen LogP contribution in [0.2, 0.25) is 0 Å². The van der Waals surface area contributed by atoms with E-state index in [0.29, 0.717) is 6.61 Å². The van der Waals surface area contributed by atoms with Gasteiger partial charge in [0.25, 0.3) is 0 Å². The molecule has 0 atom stereocenters. The first-order chi connectivity index (χ1) is 10.1. The third kappa shape index (κ3) is 4.32.